The van der Waals surface area contributed by atoms with Crippen LogP contribution in [0.3, 0.4) is 0 Å². The van der Waals surface area contributed by atoms with Gasteiger partial charge in [0.2, 0.25) is 0 Å². The average Bonchev–Trinajstić information content (AvgIpc) is 1.84. The summed E-state index contributed by atoms with van der Waals surface area (Å²) in [5.41, 5.74) is 0. The molecule has 0 N–H and O–H groups in total. The van der Waals surface area contributed by atoms with E-state index in [-0.39, 0.29) is 27.5 Å². The summed E-state index contributed by atoms with van der Waals surface area (Å²) in [6.07, 6.45) is 0. The van der Waals surface area contributed by atoms with Gasteiger partial charge >= 0.3 is 23.1 Å². The molecule has 0 nitrogen and oxygen atoms in total. The van der Waals surface area contributed by atoms with E-state index in [1.165, 1.54) is 0 Å². The molecule has 0 saturated heterocycles. The summed E-state index contributed by atoms with van der Waals surface area (Å²) < 4.78 is 36.5. The van der Waals surface area contributed by atoms with E-state index in [0.717, 1.165) is 6.07 Å². The molecule has 0 radical (unpaired) electrons. The molecule has 1 rings (SSSR count). The van der Waals surface area contributed by atoms with Gasteiger partial charge in [-0.05, 0) is 22.0 Å². The van der Waals surface area contributed by atoms with E-state index in [1.807, 2.05) is 0 Å². The largest absolute Gasteiger partial charge is 0.316 e. The molecule has 0 aliphatic heterocycles. The monoisotopic (exact) mass is 236 g/mol. The van der Waals surface area contributed by atoms with Crippen LogP contribution in [0.2, 0.25) is 0 Å². The quantitative estimate of drug-likeness (QED) is 0.478. The Hall–Kier alpha value is 0.256. The highest BCUT2D eigenvalue weighted by atomic mass is 79.9. The molecule has 11 heavy (non-hydrogen) atoms. The molecule has 1 aromatic carbocycles. The molecule has 0 atom stereocenters. The molecule has 0 amide bonds. The predicted octanol–water partition coefficient (Wildman–Crippen LogP) is 1.95. The second-order valence-corrected chi connectivity index (χ2v) is 2.53. The molecule has 0 unspecified atom stereocenters. The maximum atomic E-state index is 12.3. The smallest absolute Gasteiger partial charge is 0.206 e. The van der Waals surface area contributed by atoms with Crippen LogP contribution in [0.25, 0.3) is 0 Å². The Balaban J connectivity index is 0.000001000. The topological polar surface area (TPSA) is 0 Å². The van der Waals surface area contributed by atoms with Crippen molar-refractivity contribution in [2.75, 3.05) is 0 Å². The standard InChI is InChI=1S/C6H2BrF3.Mg.2H/c7-3-1-5(9)6(10)2-4(3)8;;;/h1-2H;;;. The van der Waals surface area contributed by atoms with Gasteiger partial charge in [0.1, 0.15) is 5.82 Å². The summed E-state index contributed by atoms with van der Waals surface area (Å²) in [6.45, 7) is 0. The highest BCUT2D eigenvalue weighted by molar-refractivity contribution is 9.10. The number of hydrogen-bond donors (Lipinski definition) is 0. The van der Waals surface area contributed by atoms with Gasteiger partial charge in [0.05, 0.1) is 4.47 Å². The van der Waals surface area contributed by atoms with E-state index in [9.17, 15) is 13.2 Å². The van der Waals surface area contributed by atoms with Crippen molar-refractivity contribution in [1.82, 2.24) is 0 Å². The van der Waals surface area contributed by atoms with E-state index < -0.39 is 17.5 Å². The molecule has 0 bridgehead atoms. The fourth-order valence-electron chi connectivity index (χ4n) is 0.498. The van der Waals surface area contributed by atoms with E-state index in [1.54, 1.807) is 0 Å². The Bertz CT molecular complexity index is 214. The molecular weight excluding hydrogens is 233 g/mol. The van der Waals surface area contributed by atoms with Gasteiger partial charge < -0.3 is 0 Å². The van der Waals surface area contributed by atoms with Crippen LogP contribution in [0.15, 0.2) is 16.6 Å². The van der Waals surface area contributed by atoms with Gasteiger partial charge in [-0.1, -0.05) is 0 Å². The van der Waals surface area contributed by atoms with Gasteiger partial charge in [-0.3, -0.25) is 0 Å². The zero-order chi connectivity index (χ0) is 7.72. The Morgan fingerprint density at radius 3 is 1.82 bits per heavy atom. The van der Waals surface area contributed by atoms with Gasteiger partial charge in [-0.25, -0.2) is 13.2 Å². The predicted molar refractivity (Wildman–Crippen MR) is 42.6 cm³/mol. The molecule has 0 fully saturated rings. The molecule has 0 heterocycles. The zero-order valence-corrected chi connectivity index (χ0v) is 6.25. The van der Waals surface area contributed by atoms with Crippen molar-refractivity contribution >= 4 is 39.0 Å². The Morgan fingerprint density at radius 2 is 1.36 bits per heavy atom. The molecule has 0 aliphatic carbocycles. The number of hydrogen-bond acceptors (Lipinski definition) is 0. The lowest BCUT2D eigenvalue weighted by atomic mass is 10.3. The third-order valence-electron chi connectivity index (χ3n) is 0.963. The summed E-state index contributed by atoms with van der Waals surface area (Å²) >= 11 is 2.70. The first kappa shape index (κ1) is 11.3. The van der Waals surface area contributed by atoms with Crippen LogP contribution >= 0.6 is 15.9 Å². The summed E-state index contributed by atoms with van der Waals surface area (Å²) in [5.74, 6) is -3.05. The molecule has 0 aliphatic rings. The van der Waals surface area contributed by atoms with Gasteiger partial charge in [0.15, 0.2) is 11.6 Å². The Kier molecular flexibility index (Phi) is 4.42. The van der Waals surface area contributed by atoms with Gasteiger partial charge in [-0.15, -0.1) is 0 Å². The van der Waals surface area contributed by atoms with Crippen molar-refractivity contribution in [3.05, 3.63) is 34.1 Å². The minimum atomic E-state index is -1.18. The third-order valence-corrected chi connectivity index (χ3v) is 1.57. The fraction of sp³-hybridized carbons (Fsp3) is 0. The summed E-state index contributed by atoms with van der Waals surface area (Å²) in [7, 11) is 0. The van der Waals surface area contributed by atoms with Crippen molar-refractivity contribution in [3.8, 4) is 0 Å². The van der Waals surface area contributed by atoms with Crippen molar-refractivity contribution in [2.24, 2.45) is 0 Å². The molecule has 0 spiro atoms. The molecule has 5 heteroatoms. The van der Waals surface area contributed by atoms with E-state index in [0.29, 0.717) is 6.07 Å². The average molecular weight is 237 g/mol. The van der Waals surface area contributed by atoms with Crippen LogP contribution < -0.4 is 0 Å². The van der Waals surface area contributed by atoms with Gasteiger partial charge in [0, 0.05) is 6.07 Å². The van der Waals surface area contributed by atoms with Crippen molar-refractivity contribution < 1.29 is 13.2 Å². The first-order valence-electron chi connectivity index (χ1n) is 2.41. The summed E-state index contributed by atoms with van der Waals surface area (Å²) in [4.78, 5) is 0. The number of benzene rings is 1. The fourth-order valence-corrected chi connectivity index (χ4v) is 0.814. The lowest BCUT2D eigenvalue weighted by Crippen LogP contribution is -1.86. The summed E-state index contributed by atoms with van der Waals surface area (Å²) in [6, 6.07) is 1.23. The van der Waals surface area contributed by atoms with Crippen LogP contribution in [-0.2, 0) is 0 Å². The molecule has 58 valence electrons. The zero-order valence-electron chi connectivity index (χ0n) is 4.67. The normalized spacial score (nSPS) is 9.09. The maximum absolute atomic E-state index is 12.3. The van der Waals surface area contributed by atoms with E-state index >= 15 is 0 Å². The van der Waals surface area contributed by atoms with Crippen molar-refractivity contribution in [3.63, 3.8) is 0 Å². The SMILES string of the molecule is Fc1cc(F)c(Br)cc1F.[MgH2]. The van der Waals surface area contributed by atoms with Crippen LogP contribution in [0, 0.1) is 17.5 Å². The highest BCUT2D eigenvalue weighted by Crippen LogP contribution is 2.18. The van der Waals surface area contributed by atoms with Crippen LogP contribution in [0.5, 0.6) is 0 Å². The molecule has 0 aromatic heterocycles. The van der Waals surface area contributed by atoms with E-state index in [2.05, 4.69) is 15.9 Å². The van der Waals surface area contributed by atoms with Crippen molar-refractivity contribution in [2.45, 2.75) is 0 Å². The van der Waals surface area contributed by atoms with Gasteiger partial charge in [0.25, 0.3) is 0 Å². The first-order valence-corrected chi connectivity index (χ1v) is 3.20. The Morgan fingerprint density at radius 1 is 0.909 bits per heavy atom. The minimum Gasteiger partial charge on any atom is -0.206 e. The lowest BCUT2D eigenvalue weighted by Gasteiger charge is -1.94. The molecular formula is C6H4BrF3Mg. The Labute approximate surface area is 86.1 Å². The highest BCUT2D eigenvalue weighted by Gasteiger charge is 2.06. The lowest BCUT2D eigenvalue weighted by molar-refractivity contribution is 0.492. The van der Waals surface area contributed by atoms with E-state index in [4.69, 9.17) is 0 Å². The molecule has 1 aromatic rings. The molecule has 0 saturated carbocycles. The number of rotatable bonds is 0. The van der Waals surface area contributed by atoms with Crippen LogP contribution in [0.4, 0.5) is 13.2 Å². The number of halogens is 4. The minimum absolute atomic E-state index is 0. The van der Waals surface area contributed by atoms with Crippen LogP contribution in [-0.4, -0.2) is 23.1 Å². The maximum Gasteiger partial charge on any atom is 0.316 e. The second-order valence-electron chi connectivity index (χ2n) is 1.68. The second kappa shape index (κ2) is 4.32. The van der Waals surface area contributed by atoms with Crippen LogP contribution in [0.1, 0.15) is 0 Å². The third kappa shape index (κ3) is 2.65. The first-order chi connectivity index (χ1) is 4.61. The summed E-state index contributed by atoms with van der Waals surface area (Å²) in [5, 5.41) is 0. The van der Waals surface area contributed by atoms with Crippen molar-refractivity contribution in [1.29, 1.82) is 0 Å². The van der Waals surface area contributed by atoms with Gasteiger partial charge in [-0.2, -0.15) is 0 Å².